The summed E-state index contributed by atoms with van der Waals surface area (Å²) in [4.78, 5) is 0. The lowest BCUT2D eigenvalue weighted by atomic mass is 9.80. The lowest BCUT2D eigenvalue weighted by molar-refractivity contribution is -0.0412. The average molecular weight is 250 g/mol. The molecule has 1 aliphatic carbocycles. The Bertz CT molecular complexity index is 460. The molecule has 1 heterocycles. The fourth-order valence-corrected chi connectivity index (χ4v) is 3.66. The maximum absolute atomic E-state index is 13.2. The predicted octanol–water partition coefficient (Wildman–Crippen LogP) is 3.59. The van der Waals surface area contributed by atoms with Crippen LogP contribution >= 0.6 is 0 Å². The molecule has 98 valence electrons. The second-order valence-electron chi connectivity index (χ2n) is 5.57. The van der Waals surface area contributed by atoms with Gasteiger partial charge in [0.05, 0.1) is 6.10 Å². The van der Waals surface area contributed by atoms with Crippen LogP contribution in [0.2, 0.25) is 0 Å². The molecule has 1 aromatic carbocycles. The SMILES string of the molecule is CCC1CCCC12C[C@@H](O)c1cc(F)ccc1O2. The Balaban J connectivity index is 1.98. The van der Waals surface area contributed by atoms with Crippen LogP contribution in [-0.4, -0.2) is 10.7 Å². The third kappa shape index (κ3) is 1.72. The summed E-state index contributed by atoms with van der Waals surface area (Å²) in [6.45, 7) is 2.17. The first-order chi connectivity index (χ1) is 8.64. The maximum Gasteiger partial charge on any atom is 0.126 e. The summed E-state index contributed by atoms with van der Waals surface area (Å²) in [5.41, 5.74) is 0.376. The first-order valence-electron chi connectivity index (χ1n) is 6.81. The molecule has 18 heavy (non-hydrogen) atoms. The minimum Gasteiger partial charge on any atom is -0.486 e. The number of aliphatic hydroxyl groups excluding tert-OH is 1. The molecule has 0 bridgehead atoms. The molecule has 0 aromatic heterocycles. The molecule has 0 amide bonds. The van der Waals surface area contributed by atoms with Crippen LogP contribution in [0.15, 0.2) is 18.2 Å². The number of hydrogen-bond acceptors (Lipinski definition) is 2. The highest BCUT2D eigenvalue weighted by atomic mass is 19.1. The highest BCUT2D eigenvalue weighted by Gasteiger charge is 2.48. The minimum absolute atomic E-state index is 0.223. The van der Waals surface area contributed by atoms with Gasteiger partial charge in [0, 0.05) is 12.0 Å². The maximum atomic E-state index is 13.2. The van der Waals surface area contributed by atoms with Gasteiger partial charge in [-0.3, -0.25) is 0 Å². The Morgan fingerprint density at radius 3 is 3.11 bits per heavy atom. The van der Waals surface area contributed by atoms with Crippen molar-refractivity contribution in [2.45, 2.75) is 50.7 Å². The van der Waals surface area contributed by atoms with E-state index in [4.69, 9.17) is 4.74 Å². The second-order valence-corrected chi connectivity index (χ2v) is 5.57. The van der Waals surface area contributed by atoms with Gasteiger partial charge >= 0.3 is 0 Å². The molecule has 1 aromatic rings. The van der Waals surface area contributed by atoms with Crippen molar-refractivity contribution < 1.29 is 14.2 Å². The Morgan fingerprint density at radius 1 is 1.50 bits per heavy atom. The summed E-state index contributed by atoms with van der Waals surface area (Å²) in [5.74, 6) is 0.853. The molecule has 1 saturated carbocycles. The molecule has 0 saturated heterocycles. The van der Waals surface area contributed by atoms with Gasteiger partial charge in [-0.1, -0.05) is 6.92 Å². The fourth-order valence-electron chi connectivity index (χ4n) is 3.66. The predicted molar refractivity (Wildman–Crippen MR) is 67.0 cm³/mol. The van der Waals surface area contributed by atoms with Crippen LogP contribution in [-0.2, 0) is 0 Å². The molecule has 3 heteroatoms. The van der Waals surface area contributed by atoms with Crippen LogP contribution in [0, 0.1) is 11.7 Å². The molecule has 1 aliphatic heterocycles. The number of fused-ring (bicyclic) bond motifs is 1. The topological polar surface area (TPSA) is 29.5 Å². The van der Waals surface area contributed by atoms with Gasteiger partial charge in [0.2, 0.25) is 0 Å². The number of benzene rings is 1. The van der Waals surface area contributed by atoms with Gasteiger partial charge in [0.15, 0.2) is 0 Å². The first kappa shape index (κ1) is 12.0. The summed E-state index contributed by atoms with van der Waals surface area (Å²) >= 11 is 0. The van der Waals surface area contributed by atoms with Crippen molar-refractivity contribution in [3.05, 3.63) is 29.6 Å². The Morgan fingerprint density at radius 2 is 2.33 bits per heavy atom. The highest BCUT2D eigenvalue weighted by Crippen LogP contribution is 2.50. The third-order valence-electron chi connectivity index (χ3n) is 4.57. The Labute approximate surface area is 107 Å². The molecule has 0 radical (unpaired) electrons. The quantitative estimate of drug-likeness (QED) is 0.825. The van der Waals surface area contributed by atoms with Crippen molar-refractivity contribution in [3.63, 3.8) is 0 Å². The van der Waals surface area contributed by atoms with Crippen LogP contribution in [0.4, 0.5) is 4.39 Å². The molecule has 3 rings (SSSR count). The van der Waals surface area contributed by atoms with Gasteiger partial charge in [0.1, 0.15) is 17.2 Å². The summed E-state index contributed by atoms with van der Waals surface area (Å²) < 4.78 is 19.4. The Hall–Kier alpha value is -1.09. The van der Waals surface area contributed by atoms with Gasteiger partial charge in [-0.2, -0.15) is 0 Å². The first-order valence-corrected chi connectivity index (χ1v) is 6.81. The van der Waals surface area contributed by atoms with Crippen molar-refractivity contribution in [2.75, 3.05) is 0 Å². The van der Waals surface area contributed by atoms with E-state index in [0.717, 1.165) is 19.3 Å². The van der Waals surface area contributed by atoms with Crippen molar-refractivity contribution in [2.24, 2.45) is 5.92 Å². The summed E-state index contributed by atoms with van der Waals surface area (Å²) in [6.07, 6.45) is 4.39. The van der Waals surface area contributed by atoms with E-state index in [-0.39, 0.29) is 11.4 Å². The molecular formula is C15H19FO2. The molecule has 2 unspecified atom stereocenters. The van der Waals surface area contributed by atoms with Gasteiger partial charge in [0.25, 0.3) is 0 Å². The lowest BCUT2D eigenvalue weighted by Gasteiger charge is -2.42. The van der Waals surface area contributed by atoms with E-state index >= 15 is 0 Å². The summed E-state index contributed by atoms with van der Waals surface area (Å²) in [6, 6.07) is 4.45. The van der Waals surface area contributed by atoms with Crippen molar-refractivity contribution in [1.82, 2.24) is 0 Å². The molecule has 1 N–H and O–H groups in total. The van der Waals surface area contributed by atoms with E-state index in [1.54, 1.807) is 6.07 Å². The zero-order chi connectivity index (χ0) is 12.8. The normalized spacial score (nSPS) is 34.4. The zero-order valence-corrected chi connectivity index (χ0v) is 10.7. The molecule has 2 aliphatic rings. The van der Waals surface area contributed by atoms with E-state index in [9.17, 15) is 9.50 Å². The summed E-state index contributed by atoms with van der Waals surface area (Å²) in [5, 5.41) is 10.3. The number of rotatable bonds is 1. The van der Waals surface area contributed by atoms with Crippen molar-refractivity contribution >= 4 is 0 Å². The molecular weight excluding hydrogens is 231 g/mol. The van der Waals surface area contributed by atoms with Crippen LogP contribution in [0.5, 0.6) is 5.75 Å². The molecule has 2 nitrogen and oxygen atoms in total. The van der Waals surface area contributed by atoms with E-state index in [1.165, 1.54) is 18.6 Å². The van der Waals surface area contributed by atoms with Gasteiger partial charge in [-0.05, 0) is 49.8 Å². The van der Waals surface area contributed by atoms with E-state index in [0.29, 0.717) is 23.7 Å². The fraction of sp³-hybridized carbons (Fsp3) is 0.600. The smallest absolute Gasteiger partial charge is 0.126 e. The monoisotopic (exact) mass is 250 g/mol. The standard InChI is InChI=1S/C15H19FO2/c1-2-10-4-3-7-15(10)9-13(17)12-8-11(16)5-6-14(12)18-15/h5-6,8,10,13,17H,2-4,7,9H2,1H3/t10?,13-,15?/m1/s1. The average Bonchev–Trinajstić information content (AvgIpc) is 2.72. The third-order valence-corrected chi connectivity index (χ3v) is 4.57. The number of halogens is 1. The largest absolute Gasteiger partial charge is 0.486 e. The van der Waals surface area contributed by atoms with Gasteiger partial charge in [-0.25, -0.2) is 4.39 Å². The number of hydrogen-bond donors (Lipinski definition) is 1. The van der Waals surface area contributed by atoms with Crippen LogP contribution in [0.3, 0.4) is 0 Å². The van der Waals surface area contributed by atoms with Gasteiger partial charge < -0.3 is 9.84 Å². The zero-order valence-electron chi connectivity index (χ0n) is 10.7. The van der Waals surface area contributed by atoms with E-state index in [2.05, 4.69) is 6.92 Å². The lowest BCUT2D eigenvalue weighted by Crippen LogP contribution is -2.44. The number of aliphatic hydroxyl groups is 1. The molecule has 1 spiro atoms. The second kappa shape index (κ2) is 4.23. The van der Waals surface area contributed by atoms with E-state index in [1.807, 2.05) is 0 Å². The van der Waals surface area contributed by atoms with Crippen molar-refractivity contribution in [1.29, 1.82) is 0 Å². The van der Waals surface area contributed by atoms with E-state index < -0.39 is 6.10 Å². The Kier molecular flexibility index (Phi) is 2.81. The van der Waals surface area contributed by atoms with Crippen LogP contribution in [0.1, 0.15) is 50.7 Å². The minimum atomic E-state index is -0.600. The molecule has 3 atom stereocenters. The summed E-state index contributed by atoms with van der Waals surface area (Å²) in [7, 11) is 0. The van der Waals surface area contributed by atoms with Crippen LogP contribution in [0.25, 0.3) is 0 Å². The van der Waals surface area contributed by atoms with Crippen molar-refractivity contribution in [3.8, 4) is 5.75 Å². The number of ether oxygens (including phenoxy) is 1. The molecule has 1 fully saturated rings. The highest BCUT2D eigenvalue weighted by molar-refractivity contribution is 5.39. The van der Waals surface area contributed by atoms with Gasteiger partial charge in [-0.15, -0.1) is 0 Å². The van der Waals surface area contributed by atoms with Crippen LogP contribution < -0.4 is 4.74 Å².